The smallest absolute Gasteiger partial charge is 0.256 e. The Bertz CT molecular complexity index is 1110. The van der Waals surface area contributed by atoms with Gasteiger partial charge in [0.2, 0.25) is 5.16 Å². The molecule has 1 aromatic carbocycles. The van der Waals surface area contributed by atoms with Crippen molar-refractivity contribution in [1.82, 2.24) is 14.5 Å². The summed E-state index contributed by atoms with van der Waals surface area (Å²) >= 11 is 0. The lowest BCUT2D eigenvalue weighted by molar-refractivity contribution is 0.568. The highest BCUT2D eigenvalue weighted by atomic mass is 32.2. The van der Waals surface area contributed by atoms with Crippen molar-refractivity contribution in [2.75, 3.05) is 6.26 Å². The molecule has 1 atom stereocenters. The van der Waals surface area contributed by atoms with Crippen LogP contribution < -0.4 is 5.56 Å². The van der Waals surface area contributed by atoms with E-state index in [1.54, 1.807) is 0 Å². The van der Waals surface area contributed by atoms with Gasteiger partial charge in [0.25, 0.3) is 5.56 Å². The number of para-hydroxylation sites is 1. The van der Waals surface area contributed by atoms with Crippen molar-refractivity contribution in [2.24, 2.45) is 0 Å². The molecular formula is C18H15F2N3O2S. The van der Waals surface area contributed by atoms with Crippen LogP contribution in [0.3, 0.4) is 0 Å². The molecule has 0 fully saturated rings. The normalized spacial score (nSPS) is 12.3. The largest absolute Gasteiger partial charge is 0.269 e. The fourth-order valence-electron chi connectivity index (χ4n) is 2.58. The molecule has 0 bridgehead atoms. The highest BCUT2D eigenvalue weighted by Gasteiger charge is 2.20. The number of halogens is 2. The van der Waals surface area contributed by atoms with Crippen LogP contribution in [0.25, 0.3) is 22.3 Å². The van der Waals surface area contributed by atoms with Crippen LogP contribution >= 0.6 is 0 Å². The molecule has 0 amide bonds. The fourth-order valence-corrected chi connectivity index (χ4v) is 3.01. The van der Waals surface area contributed by atoms with Crippen molar-refractivity contribution in [3.63, 3.8) is 0 Å². The summed E-state index contributed by atoms with van der Waals surface area (Å²) < 4.78 is 41.4. The quantitative estimate of drug-likeness (QED) is 0.657. The Morgan fingerprint density at radius 2 is 1.85 bits per heavy atom. The van der Waals surface area contributed by atoms with Crippen LogP contribution in [0.4, 0.5) is 8.78 Å². The molecule has 0 N–H and O–H groups in total. The summed E-state index contributed by atoms with van der Waals surface area (Å²) in [6, 6.07) is 5.97. The third kappa shape index (κ3) is 2.96. The predicted molar refractivity (Wildman–Crippen MR) is 96.7 cm³/mol. The Morgan fingerprint density at radius 1 is 1.19 bits per heavy atom. The third-order valence-electron chi connectivity index (χ3n) is 3.91. The van der Waals surface area contributed by atoms with E-state index in [-0.39, 0.29) is 10.8 Å². The number of fused-ring (bicyclic) bond motifs is 1. The average molecular weight is 375 g/mol. The summed E-state index contributed by atoms with van der Waals surface area (Å²) in [5, 5.41) is 0.353. The van der Waals surface area contributed by atoms with E-state index in [0.29, 0.717) is 23.1 Å². The number of pyridine rings is 1. The molecule has 134 valence electrons. The van der Waals surface area contributed by atoms with Gasteiger partial charge < -0.3 is 0 Å². The fraction of sp³-hybridized carbons (Fsp3) is 0.167. The summed E-state index contributed by atoms with van der Waals surface area (Å²) in [7, 11) is -1.56. The monoisotopic (exact) mass is 375 g/mol. The van der Waals surface area contributed by atoms with E-state index < -0.39 is 33.7 Å². The van der Waals surface area contributed by atoms with Gasteiger partial charge in [-0.2, -0.15) is 0 Å². The third-order valence-corrected chi connectivity index (χ3v) is 4.61. The lowest BCUT2D eigenvalue weighted by atomic mass is 10.1. The molecule has 0 aliphatic carbocycles. The maximum Gasteiger partial charge on any atom is 0.256 e. The molecule has 0 radical (unpaired) electrons. The van der Waals surface area contributed by atoms with Crippen molar-refractivity contribution in [2.45, 2.75) is 18.5 Å². The molecular weight excluding hydrogens is 360 g/mol. The lowest BCUT2D eigenvalue weighted by Crippen LogP contribution is -2.22. The Kier molecular flexibility index (Phi) is 4.78. The Morgan fingerprint density at radius 3 is 2.42 bits per heavy atom. The van der Waals surface area contributed by atoms with Crippen LogP contribution in [0.15, 0.2) is 46.9 Å². The molecule has 3 aromatic rings. The first-order chi connectivity index (χ1) is 12.3. The Hall–Kier alpha value is -2.74. The molecule has 0 saturated carbocycles. The maximum atomic E-state index is 14.3. The molecule has 5 nitrogen and oxygen atoms in total. The van der Waals surface area contributed by atoms with E-state index in [4.69, 9.17) is 0 Å². The van der Waals surface area contributed by atoms with Gasteiger partial charge in [0, 0.05) is 17.7 Å². The minimum atomic E-state index is -1.56. The van der Waals surface area contributed by atoms with Gasteiger partial charge in [-0.05, 0) is 30.2 Å². The van der Waals surface area contributed by atoms with E-state index in [2.05, 4.69) is 16.5 Å². The number of rotatable bonds is 4. The van der Waals surface area contributed by atoms with Gasteiger partial charge in [-0.3, -0.25) is 13.6 Å². The molecule has 0 aliphatic rings. The van der Waals surface area contributed by atoms with Crippen LogP contribution in [-0.2, 0) is 10.8 Å². The second kappa shape index (κ2) is 6.87. The van der Waals surface area contributed by atoms with Crippen molar-refractivity contribution >= 4 is 27.4 Å². The number of hydrogen-bond donors (Lipinski definition) is 0. The molecule has 2 aromatic heterocycles. The minimum absolute atomic E-state index is 0.0219. The van der Waals surface area contributed by atoms with Crippen LogP contribution in [0.2, 0.25) is 0 Å². The van der Waals surface area contributed by atoms with E-state index in [1.807, 2.05) is 6.92 Å². The topological polar surface area (TPSA) is 64.8 Å². The molecule has 8 heteroatoms. The Labute approximate surface area is 150 Å². The zero-order valence-electron chi connectivity index (χ0n) is 14.1. The highest BCUT2D eigenvalue weighted by molar-refractivity contribution is 7.84. The van der Waals surface area contributed by atoms with E-state index in [1.165, 1.54) is 24.5 Å². The average Bonchev–Trinajstić information content (AvgIpc) is 2.61. The second-order valence-corrected chi connectivity index (χ2v) is 6.85. The number of allylic oxidation sites excluding steroid dienone is 1. The number of aromatic nitrogens is 3. The Balaban J connectivity index is 2.54. The first kappa shape index (κ1) is 18.1. The van der Waals surface area contributed by atoms with Crippen molar-refractivity contribution in [1.29, 1.82) is 0 Å². The van der Waals surface area contributed by atoms with Gasteiger partial charge >= 0.3 is 0 Å². The molecule has 26 heavy (non-hydrogen) atoms. The maximum absolute atomic E-state index is 14.3. The van der Waals surface area contributed by atoms with Crippen LogP contribution in [0.5, 0.6) is 0 Å². The molecule has 0 saturated heterocycles. The summed E-state index contributed by atoms with van der Waals surface area (Å²) in [5.74, 6) is -1.82. The number of nitrogens with zero attached hydrogens (tertiary/aromatic N) is 3. The van der Waals surface area contributed by atoms with Crippen molar-refractivity contribution in [3.05, 3.63) is 64.6 Å². The first-order valence-electron chi connectivity index (χ1n) is 7.75. The zero-order chi connectivity index (χ0) is 19.0. The van der Waals surface area contributed by atoms with Crippen LogP contribution in [0, 0.1) is 11.6 Å². The van der Waals surface area contributed by atoms with E-state index >= 15 is 0 Å². The van der Waals surface area contributed by atoms with Gasteiger partial charge in [0.05, 0.1) is 16.5 Å². The van der Waals surface area contributed by atoms with Crippen LogP contribution in [0.1, 0.15) is 19.0 Å². The first-order valence-corrected chi connectivity index (χ1v) is 9.30. The lowest BCUT2D eigenvalue weighted by Gasteiger charge is -2.14. The minimum Gasteiger partial charge on any atom is -0.269 e. The summed E-state index contributed by atoms with van der Waals surface area (Å²) in [6.07, 6.45) is 1.93. The molecule has 0 spiro atoms. The molecule has 0 aliphatic heterocycles. The van der Waals surface area contributed by atoms with Gasteiger partial charge in [-0.15, -0.1) is 0 Å². The molecule has 1 unspecified atom stereocenters. The zero-order valence-corrected chi connectivity index (χ0v) is 14.9. The van der Waals surface area contributed by atoms with Crippen molar-refractivity contribution in [3.8, 4) is 5.69 Å². The second-order valence-electron chi connectivity index (χ2n) is 5.58. The SMILES string of the molecule is C=C(CC)c1nc(S(C)=O)nc2c1ccc(=O)n2-c1c(F)cccc1F. The number of benzene rings is 1. The van der Waals surface area contributed by atoms with Crippen molar-refractivity contribution < 1.29 is 13.0 Å². The van der Waals surface area contributed by atoms with Gasteiger partial charge in [-0.25, -0.2) is 18.7 Å². The van der Waals surface area contributed by atoms with Crippen LogP contribution in [-0.4, -0.2) is 25.0 Å². The molecule has 2 heterocycles. The number of hydrogen-bond acceptors (Lipinski definition) is 4. The standard InChI is InChI=1S/C18H15F2N3O2S/c1-4-10(2)15-11-8-9-14(24)23(16-12(19)6-5-7-13(16)20)17(11)22-18(21-15)26(3)25/h5-9H,2,4H2,1,3H3. The summed E-state index contributed by atoms with van der Waals surface area (Å²) in [6.45, 7) is 5.80. The molecule has 3 rings (SSSR count). The van der Waals surface area contributed by atoms with Gasteiger partial charge in [0.15, 0.2) is 5.65 Å². The van der Waals surface area contributed by atoms with Gasteiger partial charge in [-0.1, -0.05) is 19.6 Å². The van der Waals surface area contributed by atoms with Gasteiger partial charge in [0.1, 0.15) is 17.3 Å². The van der Waals surface area contributed by atoms with E-state index in [9.17, 15) is 17.8 Å². The highest BCUT2D eigenvalue weighted by Crippen LogP contribution is 2.26. The summed E-state index contributed by atoms with van der Waals surface area (Å²) in [5.41, 5.74) is -0.202. The summed E-state index contributed by atoms with van der Waals surface area (Å²) in [4.78, 5) is 20.9. The predicted octanol–water partition coefficient (Wildman–Crippen LogP) is 3.22. The van der Waals surface area contributed by atoms with E-state index in [0.717, 1.165) is 16.7 Å².